The molecule has 0 aliphatic carbocycles. The Morgan fingerprint density at radius 2 is 2.14 bits per heavy atom. The second-order valence-electron chi connectivity index (χ2n) is 7.07. The van der Waals surface area contributed by atoms with Gasteiger partial charge in [0.25, 0.3) is 0 Å². The highest BCUT2D eigenvalue weighted by Crippen LogP contribution is 2.27. The second-order valence-corrected chi connectivity index (χ2v) is 11.3. The molecule has 2 aromatic heterocycles. The Balaban J connectivity index is 1.52. The van der Waals surface area contributed by atoms with Crippen LogP contribution >= 0.6 is 23.1 Å². The van der Waals surface area contributed by atoms with Crippen LogP contribution in [0.25, 0.3) is 11.0 Å². The first-order valence-corrected chi connectivity index (χ1v) is 13.3. The van der Waals surface area contributed by atoms with Crippen molar-refractivity contribution in [2.24, 2.45) is 0 Å². The molecule has 1 aliphatic rings. The minimum Gasteiger partial charge on any atom is -0.333 e. The molecule has 1 aromatic carbocycles. The van der Waals surface area contributed by atoms with E-state index < -0.39 is 9.84 Å². The highest BCUT2D eigenvalue weighted by Gasteiger charge is 2.34. The molecule has 3 aromatic rings. The van der Waals surface area contributed by atoms with E-state index in [1.807, 2.05) is 41.8 Å². The summed E-state index contributed by atoms with van der Waals surface area (Å²) in [7, 11) is -3.06. The van der Waals surface area contributed by atoms with Crippen molar-refractivity contribution >= 4 is 49.9 Å². The molecule has 4 rings (SSSR count). The molecule has 1 atom stereocenters. The van der Waals surface area contributed by atoms with Gasteiger partial charge in [-0.1, -0.05) is 30.0 Å². The van der Waals surface area contributed by atoms with E-state index >= 15 is 0 Å². The Morgan fingerprint density at radius 3 is 2.83 bits per heavy atom. The Morgan fingerprint density at radius 1 is 1.31 bits per heavy atom. The number of thioether (sulfide) groups is 1. The molecular formula is C20H23N3O3S3. The number of hydrogen-bond donors (Lipinski definition) is 0. The van der Waals surface area contributed by atoms with Gasteiger partial charge in [0.2, 0.25) is 5.91 Å². The van der Waals surface area contributed by atoms with Gasteiger partial charge in [0, 0.05) is 17.5 Å². The Kier molecular flexibility index (Phi) is 5.98. The molecule has 9 heteroatoms. The van der Waals surface area contributed by atoms with Crippen molar-refractivity contribution in [3.05, 3.63) is 46.7 Å². The predicted octanol–water partition coefficient (Wildman–Crippen LogP) is 3.43. The van der Waals surface area contributed by atoms with Gasteiger partial charge in [-0.25, -0.2) is 13.4 Å². The van der Waals surface area contributed by atoms with Crippen molar-refractivity contribution < 1.29 is 13.2 Å². The number of amides is 1. The van der Waals surface area contributed by atoms with E-state index in [4.69, 9.17) is 0 Å². The zero-order valence-corrected chi connectivity index (χ0v) is 18.6. The summed E-state index contributed by atoms with van der Waals surface area (Å²) in [6.07, 6.45) is 0.511. The van der Waals surface area contributed by atoms with Crippen LogP contribution in [0.15, 0.2) is 46.9 Å². The first-order chi connectivity index (χ1) is 14.0. The van der Waals surface area contributed by atoms with Crippen molar-refractivity contribution in [1.82, 2.24) is 14.5 Å². The smallest absolute Gasteiger partial charge is 0.233 e. The summed E-state index contributed by atoms with van der Waals surface area (Å²) in [5, 5.41) is 2.79. The monoisotopic (exact) mass is 449 g/mol. The largest absolute Gasteiger partial charge is 0.333 e. The number of imidazole rings is 1. The van der Waals surface area contributed by atoms with Gasteiger partial charge in [0.1, 0.15) is 0 Å². The van der Waals surface area contributed by atoms with Gasteiger partial charge < -0.3 is 9.47 Å². The van der Waals surface area contributed by atoms with Crippen molar-refractivity contribution in [2.45, 2.75) is 37.6 Å². The number of benzene rings is 1. The Labute approximate surface area is 178 Å². The number of aromatic nitrogens is 2. The predicted molar refractivity (Wildman–Crippen MR) is 118 cm³/mol. The molecule has 0 bridgehead atoms. The lowest BCUT2D eigenvalue weighted by atomic mass is 10.2. The van der Waals surface area contributed by atoms with Crippen LogP contribution in [0.1, 0.15) is 18.2 Å². The number of carbonyl (C=O) groups excluding carboxylic acids is 1. The lowest BCUT2D eigenvalue weighted by Crippen LogP contribution is -2.41. The fourth-order valence-corrected chi connectivity index (χ4v) is 7.09. The fourth-order valence-electron chi connectivity index (χ4n) is 3.69. The standard InChI is InChI=1S/C20H23N3O3S3/c1-2-22-18-8-4-3-7-17(18)21-20(22)28-13-19(24)23(12-16-6-5-10-27-16)15-9-11-29(25,26)14-15/h3-8,10,15H,2,9,11-14H2,1H3. The molecule has 6 nitrogen and oxygen atoms in total. The summed E-state index contributed by atoms with van der Waals surface area (Å²) in [6.45, 7) is 3.30. The van der Waals surface area contributed by atoms with Gasteiger partial charge in [-0.15, -0.1) is 11.3 Å². The lowest BCUT2D eigenvalue weighted by molar-refractivity contribution is -0.130. The second kappa shape index (κ2) is 8.49. The maximum absolute atomic E-state index is 13.1. The van der Waals surface area contributed by atoms with Gasteiger partial charge >= 0.3 is 0 Å². The van der Waals surface area contributed by atoms with Gasteiger partial charge in [0.15, 0.2) is 15.0 Å². The van der Waals surface area contributed by atoms with E-state index in [9.17, 15) is 13.2 Å². The van der Waals surface area contributed by atoms with Crippen LogP contribution < -0.4 is 0 Å². The van der Waals surface area contributed by atoms with Crippen LogP contribution in [0, 0.1) is 0 Å². The molecule has 154 valence electrons. The van der Waals surface area contributed by atoms with Gasteiger partial charge in [-0.2, -0.15) is 0 Å². The van der Waals surface area contributed by atoms with Gasteiger partial charge in [-0.05, 0) is 36.9 Å². The van der Waals surface area contributed by atoms with E-state index in [0.29, 0.717) is 13.0 Å². The van der Waals surface area contributed by atoms with Crippen LogP contribution in [-0.2, 0) is 27.7 Å². The number of hydrogen-bond acceptors (Lipinski definition) is 6. The van der Waals surface area contributed by atoms with Crippen molar-refractivity contribution in [3.8, 4) is 0 Å². The number of thiophene rings is 1. The third-order valence-electron chi connectivity index (χ3n) is 5.14. The molecule has 0 N–H and O–H groups in total. The van der Waals surface area contributed by atoms with Crippen LogP contribution in [0.2, 0.25) is 0 Å². The van der Waals surface area contributed by atoms with Crippen LogP contribution in [0.4, 0.5) is 0 Å². The number of fused-ring (bicyclic) bond motifs is 1. The summed E-state index contributed by atoms with van der Waals surface area (Å²) >= 11 is 3.00. The number of carbonyl (C=O) groups is 1. The highest BCUT2D eigenvalue weighted by atomic mass is 32.2. The molecule has 3 heterocycles. The molecule has 1 saturated heterocycles. The van der Waals surface area contributed by atoms with E-state index in [2.05, 4.69) is 16.5 Å². The van der Waals surface area contributed by atoms with E-state index in [-0.39, 0.29) is 29.2 Å². The highest BCUT2D eigenvalue weighted by molar-refractivity contribution is 7.99. The van der Waals surface area contributed by atoms with E-state index in [1.54, 1.807) is 16.2 Å². The maximum Gasteiger partial charge on any atom is 0.233 e. The molecule has 1 fully saturated rings. The number of nitrogens with zero attached hydrogens (tertiary/aromatic N) is 3. The van der Waals surface area contributed by atoms with Gasteiger partial charge in [-0.3, -0.25) is 4.79 Å². The van der Waals surface area contributed by atoms with E-state index in [0.717, 1.165) is 27.6 Å². The van der Waals surface area contributed by atoms with E-state index in [1.165, 1.54) is 11.8 Å². The normalized spacial score (nSPS) is 18.3. The zero-order valence-electron chi connectivity index (χ0n) is 16.2. The summed E-state index contributed by atoms with van der Waals surface area (Å²) in [4.78, 5) is 20.6. The topological polar surface area (TPSA) is 72.3 Å². The molecule has 0 radical (unpaired) electrons. The van der Waals surface area contributed by atoms with Crippen molar-refractivity contribution in [2.75, 3.05) is 17.3 Å². The van der Waals surface area contributed by atoms with Crippen LogP contribution in [0.5, 0.6) is 0 Å². The molecular weight excluding hydrogens is 426 g/mol. The third-order valence-corrected chi connectivity index (χ3v) is 8.71. The number of sulfone groups is 1. The van der Waals surface area contributed by atoms with Gasteiger partial charge in [0.05, 0.1) is 34.8 Å². The van der Waals surface area contributed by atoms with Crippen molar-refractivity contribution in [1.29, 1.82) is 0 Å². The minimum absolute atomic E-state index is 0.0415. The SMILES string of the molecule is CCn1c(SCC(=O)N(Cc2cccs2)C2CCS(=O)(=O)C2)nc2ccccc21. The number of aryl methyl sites for hydroxylation is 1. The average molecular weight is 450 g/mol. The minimum atomic E-state index is -3.06. The molecule has 0 saturated carbocycles. The quantitative estimate of drug-likeness (QED) is 0.517. The molecule has 0 spiro atoms. The average Bonchev–Trinajstić information content (AvgIpc) is 3.42. The molecule has 29 heavy (non-hydrogen) atoms. The molecule has 1 aliphatic heterocycles. The van der Waals surface area contributed by atoms with Crippen LogP contribution in [-0.4, -0.2) is 52.1 Å². The summed E-state index contributed by atoms with van der Waals surface area (Å²) in [5.41, 5.74) is 1.98. The van der Waals surface area contributed by atoms with Crippen LogP contribution in [0.3, 0.4) is 0 Å². The maximum atomic E-state index is 13.1. The molecule has 1 amide bonds. The fraction of sp³-hybridized carbons (Fsp3) is 0.400. The number of rotatable bonds is 7. The lowest BCUT2D eigenvalue weighted by Gasteiger charge is -2.27. The third kappa shape index (κ3) is 4.51. The molecule has 1 unspecified atom stereocenters. The number of para-hydroxylation sites is 2. The Hall–Kier alpha value is -1.84. The first-order valence-electron chi connectivity index (χ1n) is 9.57. The first kappa shape index (κ1) is 20.4. The van der Waals surface area contributed by atoms with Crippen molar-refractivity contribution in [3.63, 3.8) is 0 Å². The zero-order chi connectivity index (χ0) is 20.4. The summed E-state index contributed by atoms with van der Waals surface area (Å²) < 4.78 is 26.1. The summed E-state index contributed by atoms with van der Waals surface area (Å²) in [6, 6.07) is 11.6. The summed E-state index contributed by atoms with van der Waals surface area (Å²) in [5.74, 6) is 0.415. The Bertz CT molecular complexity index is 1110.